The third-order valence-corrected chi connectivity index (χ3v) is 4.25. The molecular weight excluding hydrogens is 322 g/mol. The third-order valence-electron chi connectivity index (χ3n) is 4.25. The Hall–Kier alpha value is -2.80. The summed E-state index contributed by atoms with van der Waals surface area (Å²) in [5, 5.41) is 13.1. The van der Waals surface area contributed by atoms with E-state index < -0.39 is 5.60 Å². The molecule has 25 heavy (non-hydrogen) atoms. The van der Waals surface area contributed by atoms with Gasteiger partial charge in [0.2, 0.25) is 5.91 Å². The van der Waals surface area contributed by atoms with E-state index in [0.717, 1.165) is 5.52 Å². The molecular formula is C18H21N3O4. The summed E-state index contributed by atoms with van der Waals surface area (Å²) in [6.45, 7) is 3.21. The number of hydrogen-bond acceptors (Lipinski definition) is 4. The van der Waals surface area contributed by atoms with Crippen LogP contribution in [0.15, 0.2) is 45.6 Å². The highest BCUT2D eigenvalue weighted by Crippen LogP contribution is 2.21. The largest absolute Gasteiger partial charge is 0.463 e. The number of nitrogens with one attached hydrogen (secondary N) is 1. The number of hydrogen-bond donors (Lipinski definition) is 2. The van der Waals surface area contributed by atoms with E-state index in [2.05, 4.69) is 5.32 Å². The highest BCUT2D eigenvalue weighted by Gasteiger charge is 2.27. The molecule has 0 spiro atoms. The van der Waals surface area contributed by atoms with Crippen LogP contribution in [-0.4, -0.2) is 26.7 Å². The lowest BCUT2D eigenvalue weighted by Crippen LogP contribution is -2.40. The zero-order valence-corrected chi connectivity index (χ0v) is 14.4. The Kier molecular flexibility index (Phi) is 4.26. The molecule has 0 bridgehead atoms. The van der Waals surface area contributed by atoms with Crippen LogP contribution in [-0.2, 0) is 24.0 Å². The van der Waals surface area contributed by atoms with Crippen molar-refractivity contribution in [2.45, 2.75) is 26.0 Å². The number of furan rings is 1. The summed E-state index contributed by atoms with van der Waals surface area (Å²) < 4.78 is 8.34. The molecule has 2 aromatic heterocycles. The van der Waals surface area contributed by atoms with Gasteiger partial charge in [0.1, 0.15) is 23.7 Å². The minimum Gasteiger partial charge on any atom is -0.463 e. The second-order valence-corrected chi connectivity index (χ2v) is 6.38. The standard InChI is InChI=1S/C18H21N3O4/c1-12-8-9-15(25-12)18(2,24)11-19-16(22)10-21-14-7-5-4-6-13(14)20(3)17(21)23/h4-9,24H,10-11H2,1-3H3,(H,19,22). The molecule has 1 atom stereocenters. The Labute approximate surface area is 144 Å². The Morgan fingerprint density at radius 3 is 2.56 bits per heavy atom. The number of aryl methyl sites for hydroxylation is 2. The van der Waals surface area contributed by atoms with E-state index >= 15 is 0 Å². The Bertz CT molecular complexity index is 978. The van der Waals surface area contributed by atoms with Crippen molar-refractivity contribution in [3.63, 3.8) is 0 Å². The Morgan fingerprint density at radius 2 is 1.92 bits per heavy atom. The number of carbonyl (C=O) groups is 1. The van der Waals surface area contributed by atoms with Crippen molar-refractivity contribution >= 4 is 16.9 Å². The zero-order chi connectivity index (χ0) is 18.2. The average molecular weight is 343 g/mol. The molecule has 0 fully saturated rings. The van der Waals surface area contributed by atoms with E-state index in [9.17, 15) is 14.7 Å². The van der Waals surface area contributed by atoms with Gasteiger partial charge in [-0.25, -0.2) is 4.79 Å². The van der Waals surface area contributed by atoms with Gasteiger partial charge in [-0.05, 0) is 38.1 Å². The van der Waals surface area contributed by atoms with Crippen LogP contribution in [0, 0.1) is 6.92 Å². The van der Waals surface area contributed by atoms with E-state index in [1.807, 2.05) is 18.2 Å². The van der Waals surface area contributed by atoms with Gasteiger partial charge in [0.05, 0.1) is 17.6 Å². The second kappa shape index (κ2) is 6.25. The van der Waals surface area contributed by atoms with Crippen molar-refractivity contribution in [1.82, 2.24) is 14.5 Å². The summed E-state index contributed by atoms with van der Waals surface area (Å²) >= 11 is 0. The van der Waals surface area contributed by atoms with E-state index in [0.29, 0.717) is 17.0 Å². The molecule has 0 saturated carbocycles. The monoisotopic (exact) mass is 343 g/mol. The molecule has 0 aliphatic heterocycles. The molecule has 0 saturated heterocycles. The number of aromatic nitrogens is 2. The number of para-hydroxylation sites is 2. The van der Waals surface area contributed by atoms with Gasteiger partial charge >= 0.3 is 5.69 Å². The molecule has 2 heterocycles. The maximum absolute atomic E-state index is 12.3. The normalized spacial score (nSPS) is 13.8. The number of nitrogens with zero attached hydrogens (tertiary/aromatic N) is 2. The fraction of sp³-hybridized carbons (Fsp3) is 0.333. The molecule has 7 nitrogen and oxygen atoms in total. The summed E-state index contributed by atoms with van der Waals surface area (Å²) in [6, 6.07) is 10.7. The second-order valence-electron chi connectivity index (χ2n) is 6.38. The molecule has 1 aromatic carbocycles. The van der Waals surface area contributed by atoms with Crippen LogP contribution < -0.4 is 11.0 Å². The number of carbonyl (C=O) groups excluding carboxylic acids is 1. The number of imidazole rings is 1. The van der Waals surface area contributed by atoms with Gasteiger partial charge in [0.15, 0.2) is 0 Å². The molecule has 2 N–H and O–H groups in total. The number of benzene rings is 1. The Morgan fingerprint density at radius 1 is 1.24 bits per heavy atom. The minimum absolute atomic E-state index is 0.0156. The highest BCUT2D eigenvalue weighted by atomic mass is 16.4. The lowest BCUT2D eigenvalue weighted by molar-refractivity contribution is -0.123. The van der Waals surface area contributed by atoms with Crippen LogP contribution in [0.4, 0.5) is 0 Å². The van der Waals surface area contributed by atoms with Crippen LogP contribution in [0.25, 0.3) is 11.0 Å². The van der Waals surface area contributed by atoms with Crippen LogP contribution in [0.2, 0.25) is 0 Å². The van der Waals surface area contributed by atoms with Gasteiger partial charge < -0.3 is 14.8 Å². The average Bonchev–Trinajstić information content (AvgIpc) is 3.12. The molecule has 0 aliphatic rings. The predicted molar refractivity (Wildman–Crippen MR) is 93.2 cm³/mol. The first-order valence-corrected chi connectivity index (χ1v) is 8.00. The van der Waals surface area contributed by atoms with Gasteiger partial charge in [-0.1, -0.05) is 12.1 Å². The zero-order valence-electron chi connectivity index (χ0n) is 14.4. The van der Waals surface area contributed by atoms with Crippen molar-refractivity contribution in [3.05, 3.63) is 58.4 Å². The van der Waals surface area contributed by atoms with Gasteiger partial charge in [0.25, 0.3) is 0 Å². The topological polar surface area (TPSA) is 89.4 Å². The van der Waals surface area contributed by atoms with Crippen molar-refractivity contribution in [1.29, 1.82) is 0 Å². The Balaban J connectivity index is 1.74. The quantitative estimate of drug-likeness (QED) is 0.730. The molecule has 0 radical (unpaired) electrons. The maximum Gasteiger partial charge on any atom is 0.329 e. The fourth-order valence-electron chi connectivity index (χ4n) is 2.80. The van der Waals surface area contributed by atoms with Crippen LogP contribution in [0.3, 0.4) is 0 Å². The number of rotatable bonds is 5. The summed E-state index contributed by atoms with van der Waals surface area (Å²) in [7, 11) is 1.67. The predicted octanol–water partition coefficient (Wildman–Crippen LogP) is 1.27. The lowest BCUT2D eigenvalue weighted by Gasteiger charge is -2.21. The maximum atomic E-state index is 12.3. The number of aliphatic hydroxyl groups is 1. The van der Waals surface area contributed by atoms with Crippen molar-refractivity contribution in [3.8, 4) is 0 Å². The van der Waals surface area contributed by atoms with Gasteiger partial charge in [-0.15, -0.1) is 0 Å². The van der Waals surface area contributed by atoms with Crippen molar-refractivity contribution in [2.75, 3.05) is 6.54 Å². The highest BCUT2D eigenvalue weighted by molar-refractivity contribution is 5.80. The molecule has 1 amide bonds. The van der Waals surface area contributed by atoms with E-state index in [4.69, 9.17) is 4.42 Å². The molecule has 3 rings (SSSR count). The van der Waals surface area contributed by atoms with E-state index in [1.165, 1.54) is 9.13 Å². The summed E-state index contributed by atoms with van der Waals surface area (Å²) in [5.74, 6) is 0.707. The van der Waals surface area contributed by atoms with E-state index in [1.54, 1.807) is 39.1 Å². The summed E-state index contributed by atoms with van der Waals surface area (Å²) in [4.78, 5) is 24.6. The summed E-state index contributed by atoms with van der Waals surface area (Å²) in [5.41, 5.74) is -0.130. The van der Waals surface area contributed by atoms with Gasteiger partial charge in [-0.2, -0.15) is 0 Å². The molecule has 1 unspecified atom stereocenters. The SMILES string of the molecule is Cc1ccc(C(C)(O)CNC(=O)Cn2c(=O)n(C)c3ccccc32)o1. The third kappa shape index (κ3) is 3.23. The first-order chi connectivity index (χ1) is 11.8. The van der Waals surface area contributed by atoms with Gasteiger partial charge in [-0.3, -0.25) is 13.9 Å². The molecule has 7 heteroatoms. The number of fused-ring (bicyclic) bond motifs is 1. The fourth-order valence-corrected chi connectivity index (χ4v) is 2.80. The van der Waals surface area contributed by atoms with E-state index in [-0.39, 0.29) is 24.7 Å². The lowest BCUT2D eigenvalue weighted by atomic mass is 10.0. The molecule has 132 valence electrons. The summed E-state index contributed by atoms with van der Waals surface area (Å²) in [6.07, 6.45) is 0. The smallest absolute Gasteiger partial charge is 0.329 e. The van der Waals surface area contributed by atoms with Crippen LogP contribution in [0.1, 0.15) is 18.4 Å². The first-order valence-electron chi connectivity index (χ1n) is 8.00. The molecule has 3 aromatic rings. The van der Waals surface area contributed by atoms with Crippen molar-refractivity contribution < 1.29 is 14.3 Å². The first kappa shape index (κ1) is 17.0. The van der Waals surface area contributed by atoms with Gasteiger partial charge in [0, 0.05) is 7.05 Å². The molecule has 0 aliphatic carbocycles. The minimum atomic E-state index is -1.33. The van der Waals surface area contributed by atoms with Crippen LogP contribution in [0.5, 0.6) is 0 Å². The number of amides is 1. The van der Waals surface area contributed by atoms with Crippen molar-refractivity contribution in [2.24, 2.45) is 7.05 Å². The van der Waals surface area contributed by atoms with Crippen LogP contribution >= 0.6 is 0 Å².